The van der Waals surface area contributed by atoms with Crippen molar-refractivity contribution in [3.05, 3.63) is 53.7 Å². The van der Waals surface area contributed by atoms with Gasteiger partial charge in [0, 0.05) is 22.7 Å². The lowest BCUT2D eigenvalue weighted by molar-refractivity contribution is 0.590. The number of nitrogens with two attached hydrogens (primary N) is 1. The van der Waals surface area contributed by atoms with Crippen molar-refractivity contribution >= 4 is 11.8 Å². The molecule has 0 aliphatic rings. The number of rotatable bonds is 3. The van der Waals surface area contributed by atoms with Gasteiger partial charge in [-0.05, 0) is 36.1 Å². The smallest absolute Gasteiger partial charge is 0.105 e. The number of hydrogen-bond donors (Lipinski definition) is 1. The topological polar surface area (TPSA) is 38.9 Å². The Balaban J connectivity index is 2.23. The largest absolute Gasteiger partial charge is 0.324 e. The molecule has 0 radical (unpaired) electrons. The Bertz CT molecular complexity index is 568. The van der Waals surface area contributed by atoms with E-state index >= 15 is 0 Å². The highest BCUT2D eigenvalue weighted by atomic mass is 32.2. The molecular weight excluding hydrogens is 264 g/mol. The maximum Gasteiger partial charge on any atom is 0.105 e. The van der Waals surface area contributed by atoms with E-state index in [0.717, 1.165) is 10.6 Å². The molecule has 3 heteroatoms. The molecule has 1 atom stereocenters. The first-order chi connectivity index (χ1) is 9.38. The molecule has 0 bridgehead atoms. The summed E-state index contributed by atoms with van der Waals surface area (Å²) in [6, 6.07) is 12.7. The zero-order valence-corrected chi connectivity index (χ0v) is 13.4. The van der Waals surface area contributed by atoms with E-state index in [0.29, 0.717) is 0 Å². The minimum Gasteiger partial charge on any atom is -0.324 e. The molecule has 0 saturated carbocycles. The van der Waals surface area contributed by atoms with E-state index in [4.69, 9.17) is 5.73 Å². The summed E-state index contributed by atoms with van der Waals surface area (Å²) in [5.74, 6) is 0. The molecule has 2 nitrogen and oxygen atoms in total. The summed E-state index contributed by atoms with van der Waals surface area (Å²) in [5.41, 5.74) is 8.62. The molecule has 106 valence electrons. The summed E-state index contributed by atoms with van der Waals surface area (Å²) in [7, 11) is 0. The van der Waals surface area contributed by atoms with E-state index in [1.54, 1.807) is 11.8 Å². The molecule has 0 aliphatic heterocycles. The standard InChI is InChI=1S/C17H22N2S/c1-12(18)15-6-5-11-19-16(15)20-14-9-7-13(8-10-14)17(2,3)4/h5-12H,18H2,1-4H3/t12-/m0/s1. The van der Waals surface area contributed by atoms with Crippen LogP contribution in [0.1, 0.15) is 44.9 Å². The fourth-order valence-corrected chi connectivity index (χ4v) is 2.95. The van der Waals surface area contributed by atoms with E-state index in [-0.39, 0.29) is 11.5 Å². The third-order valence-corrected chi connectivity index (χ3v) is 4.27. The molecule has 1 aromatic carbocycles. The van der Waals surface area contributed by atoms with Crippen LogP contribution >= 0.6 is 11.8 Å². The van der Waals surface area contributed by atoms with Crippen molar-refractivity contribution in [3.8, 4) is 0 Å². The lowest BCUT2D eigenvalue weighted by atomic mass is 9.87. The summed E-state index contributed by atoms with van der Waals surface area (Å²) < 4.78 is 0. The second-order valence-electron chi connectivity index (χ2n) is 6.06. The predicted molar refractivity (Wildman–Crippen MR) is 86.1 cm³/mol. The van der Waals surface area contributed by atoms with Crippen LogP contribution in [-0.2, 0) is 5.41 Å². The van der Waals surface area contributed by atoms with Crippen LogP contribution < -0.4 is 5.73 Å². The van der Waals surface area contributed by atoms with Crippen LogP contribution in [0.2, 0.25) is 0 Å². The van der Waals surface area contributed by atoms with Crippen molar-refractivity contribution in [2.45, 2.75) is 49.1 Å². The van der Waals surface area contributed by atoms with Crippen LogP contribution in [0.5, 0.6) is 0 Å². The number of benzene rings is 1. The fraction of sp³-hybridized carbons (Fsp3) is 0.353. The highest BCUT2D eigenvalue weighted by Crippen LogP contribution is 2.32. The summed E-state index contributed by atoms with van der Waals surface area (Å²) in [5, 5.41) is 0.992. The molecular formula is C17H22N2S. The predicted octanol–water partition coefficient (Wildman–Crippen LogP) is 4.55. The van der Waals surface area contributed by atoms with Crippen LogP contribution in [0, 0.1) is 0 Å². The zero-order chi connectivity index (χ0) is 14.8. The Kier molecular flexibility index (Phi) is 4.51. The van der Waals surface area contributed by atoms with E-state index < -0.39 is 0 Å². The average molecular weight is 286 g/mol. The van der Waals surface area contributed by atoms with Gasteiger partial charge in [-0.1, -0.05) is 50.7 Å². The molecule has 0 amide bonds. The van der Waals surface area contributed by atoms with E-state index in [9.17, 15) is 0 Å². The van der Waals surface area contributed by atoms with Crippen LogP contribution in [0.3, 0.4) is 0 Å². The maximum absolute atomic E-state index is 6.00. The minimum absolute atomic E-state index is 0.0000448. The molecule has 0 saturated heterocycles. The van der Waals surface area contributed by atoms with E-state index in [1.807, 2.05) is 25.3 Å². The molecule has 0 unspecified atom stereocenters. The van der Waals surface area contributed by atoms with Crippen molar-refractivity contribution in [1.29, 1.82) is 0 Å². The van der Waals surface area contributed by atoms with Gasteiger partial charge in [-0.3, -0.25) is 0 Å². The van der Waals surface area contributed by atoms with E-state index in [2.05, 4.69) is 50.0 Å². The number of hydrogen-bond acceptors (Lipinski definition) is 3. The van der Waals surface area contributed by atoms with Gasteiger partial charge >= 0.3 is 0 Å². The van der Waals surface area contributed by atoms with Crippen LogP contribution in [-0.4, -0.2) is 4.98 Å². The quantitative estimate of drug-likeness (QED) is 0.899. The molecule has 0 aliphatic carbocycles. The normalized spacial score (nSPS) is 13.2. The van der Waals surface area contributed by atoms with Gasteiger partial charge in [0.15, 0.2) is 0 Å². The summed E-state index contributed by atoms with van der Waals surface area (Å²) in [6.07, 6.45) is 1.82. The van der Waals surface area contributed by atoms with Crippen molar-refractivity contribution in [2.24, 2.45) is 5.73 Å². The molecule has 1 heterocycles. The Morgan fingerprint density at radius 3 is 2.30 bits per heavy atom. The number of nitrogens with zero attached hydrogens (tertiary/aromatic N) is 1. The van der Waals surface area contributed by atoms with Gasteiger partial charge in [-0.25, -0.2) is 4.98 Å². The molecule has 0 spiro atoms. The summed E-state index contributed by atoms with van der Waals surface area (Å²) >= 11 is 1.67. The van der Waals surface area contributed by atoms with Gasteiger partial charge in [0.25, 0.3) is 0 Å². The molecule has 20 heavy (non-hydrogen) atoms. The van der Waals surface area contributed by atoms with E-state index in [1.165, 1.54) is 10.5 Å². The fourth-order valence-electron chi connectivity index (χ4n) is 1.97. The third kappa shape index (κ3) is 3.62. The van der Waals surface area contributed by atoms with Gasteiger partial charge in [-0.15, -0.1) is 0 Å². The summed E-state index contributed by atoms with van der Waals surface area (Å²) in [6.45, 7) is 8.66. The van der Waals surface area contributed by atoms with Gasteiger partial charge in [0.1, 0.15) is 5.03 Å². The second-order valence-corrected chi connectivity index (χ2v) is 7.13. The molecule has 0 fully saturated rings. The average Bonchev–Trinajstić information content (AvgIpc) is 2.38. The first-order valence-electron chi connectivity index (χ1n) is 6.87. The Labute approximate surface area is 125 Å². The maximum atomic E-state index is 6.00. The monoisotopic (exact) mass is 286 g/mol. The number of pyridine rings is 1. The van der Waals surface area contributed by atoms with Gasteiger partial charge in [0.2, 0.25) is 0 Å². The van der Waals surface area contributed by atoms with Crippen molar-refractivity contribution < 1.29 is 0 Å². The van der Waals surface area contributed by atoms with Crippen molar-refractivity contribution in [1.82, 2.24) is 4.98 Å². The van der Waals surface area contributed by atoms with Crippen LogP contribution in [0.15, 0.2) is 52.5 Å². The highest BCUT2D eigenvalue weighted by molar-refractivity contribution is 7.99. The lowest BCUT2D eigenvalue weighted by Gasteiger charge is -2.19. The van der Waals surface area contributed by atoms with Crippen molar-refractivity contribution in [3.63, 3.8) is 0 Å². The Hall–Kier alpha value is -1.32. The third-order valence-electron chi connectivity index (χ3n) is 3.23. The Morgan fingerprint density at radius 1 is 1.10 bits per heavy atom. The lowest BCUT2D eigenvalue weighted by Crippen LogP contribution is -2.10. The van der Waals surface area contributed by atoms with Crippen LogP contribution in [0.25, 0.3) is 0 Å². The first-order valence-corrected chi connectivity index (χ1v) is 7.68. The number of aromatic nitrogens is 1. The van der Waals surface area contributed by atoms with Crippen LogP contribution in [0.4, 0.5) is 0 Å². The molecule has 2 aromatic rings. The second kappa shape index (κ2) is 5.98. The van der Waals surface area contributed by atoms with Crippen molar-refractivity contribution in [2.75, 3.05) is 0 Å². The van der Waals surface area contributed by atoms with Gasteiger partial charge < -0.3 is 5.73 Å². The Morgan fingerprint density at radius 2 is 1.75 bits per heavy atom. The molecule has 2 N–H and O–H groups in total. The van der Waals surface area contributed by atoms with Gasteiger partial charge in [0.05, 0.1) is 0 Å². The first kappa shape index (κ1) is 15.1. The molecule has 2 rings (SSSR count). The highest BCUT2D eigenvalue weighted by Gasteiger charge is 2.14. The summed E-state index contributed by atoms with van der Waals surface area (Å²) in [4.78, 5) is 5.64. The minimum atomic E-state index is 0.0000448. The van der Waals surface area contributed by atoms with Gasteiger partial charge in [-0.2, -0.15) is 0 Å². The SMILES string of the molecule is C[C@H](N)c1cccnc1Sc1ccc(C(C)(C)C)cc1. The molecule has 1 aromatic heterocycles. The zero-order valence-electron chi connectivity index (χ0n) is 12.6.